The number of piperazine rings is 2. The van der Waals surface area contributed by atoms with Crippen LogP contribution in [0.1, 0.15) is 38.5 Å². The van der Waals surface area contributed by atoms with Crippen molar-refractivity contribution >= 4 is 29.1 Å². The molecular formula is C34H43N9O4. The Hall–Kier alpha value is -4.23. The highest BCUT2D eigenvalue weighted by Gasteiger charge is 2.50. The molecule has 1 spiro atoms. The van der Waals surface area contributed by atoms with Gasteiger partial charge >= 0.3 is 5.97 Å². The van der Waals surface area contributed by atoms with E-state index in [-0.39, 0.29) is 30.4 Å². The number of aromatic hydroxyl groups is 1. The average molecular weight is 642 g/mol. The Bertz CT molecular complexity index is 1610. The van der Waals surface area contributed by atoms with Crippen molar-refractivity contribution in [1.29, 1.82) is 0 Å². The number of nitrogens with one attached hydrogen (secondary N) is 1. The fourth-order valence-electron chi connectivity index (χ4n) is 8.74. The van der Waals surface area contributed by atoms with Crippen LogP contribution in [0, 0.1) is 11.3 Å². The van der Waals surface area contributed by atoms with Crippen LogP contribution in [0.3, 0.4) is 0 Å². The summed E-state index contributed by atoms with van der Waals surface area (Å²) in [5.41, 5.74) is 3.59. The van der Waals surface area contributed by atoms with E-state index in [2.05, 4.69) is 35.1 Å². The first-order valence-corrected chi connectivity index (χ1v) is 17.0. The smallest absolute Gasteiger partial charge is 0.306 e. The molecule has 2 saturated heterocycles. The molecule has 2 saturated carbocycles. The van der Waals surface area contributed by atoms with Crippen molar-refractivity contribution in [3.05, 3.63) is 42.7 Å². The van der Waals surface area contributed by atoms with Crippen LogP contribution in [0.4, 0.5) is 23.1 Å². The molecule has 13 nitrogen and oxygen atoms in total. The highest BCUT2D eigenvalue weighted by Crippen LogP contribution is 2.54. The number of aliphatic hydroxyl groups excluding tert-OH is 1. The van der Waals surface area contributed by atoms with Crippen molar-refractivity contribution in [2.75, 3.05) is 72.4 Å². The minimum Gasteiger partial charge on any atom is -0.507 e. The molecule has 8 rings (SSSR count). The lowest BCUT2D eigenvalue weighted by atomic mass is 9.56. The first-order valence-electron chi connectivity index (χ1n) is 17.0. The number of rotatable bonds is 6. The molecule has 2 aliphatic carbocycles. The van der Waals surface area contributed by atoms with Gasteiger partial charge in [-0.15, -0.1) is 10.2 Å². The van der Waals surface area contributed by atoms with Gasteiger partial charge in [-0.1, -0.05) is 12.1 Å². The normalized spacial score (nSPS) is 29.1. The fraction of sp³-hybridized carbons (Fsp3) is 0.559. The minimum atomic E-state index is -0.642. The summed E-state index contributed by atoms with van der Waals surface area (Å²) in [6.07, 6.45) is 9.70. The van der Waals surface area contributed by atoms with E-state index >= 15 is 0 Å². The van der Waals surface area contributed by atoms with Gasteiger partial charge in [0.2, 0.25) is 5.95 Å². The van der Waals surface area contributed by atoms with Crippen LogP contribution in [0.25, 0.3) is 11.3 Å². The maximum absolute atomic E-state index is 11.4. The van der Waals surface area contributed by atoms with Gasteiger partial charge in [0, 0.05) is 57.4 Å². The summed E-state index contributed by atoms with van der Waals surface area (Å²) in [5.74, 6) is 0.850. The number of carboxylic acids is 1. The number of benzene rings is 1. The lowest BCUT2D eigenvalue weighted by Gasteiger charge is -2.57. The molecule has 47 heavy (non-hydrogen) atoms. The number of hydrogen-bond donors (Lipinski definition) is 4. The molecule has 2 atom stereocenters. The number of fused-ring (bicyclic) bond motifs is 3. The molecule has 2 aromatic heterocycles. The molecule has 0 unspecified atom stereocenters. The van der Waals surface area contributed by atoms with E-state index in [1.807, 2.05) is 30.6 Å². The summed E-state index contributed by atoms with van der Waals surface area (Å²) in [6, 6.07) is 9.94. The predicted octanol–water partition coefficient (Wildman–Crippen LogP) is 2.67. The predicted molar refractivity (Wildman–Crippen MR) is 178 cm³/mol. The lowest BCUT2D eigenvalue weighted by Crippen LogP contribution is -2.63. The minimum absolute atomic E-state index is 0.0620. The number of aliphatic hydroxyl groups is 1. The molecule has 3 aliphatic heterocycles. The van der Waals surface area contributed by atoms with Crippen molar-refractivity contribution in [3.8, 4) is 17.0 Å². The largest absolute Gasteiger partial charge is 0.507 e. The number of phenols is 1. The molecule has 1 aromatic carbocycles. The second-order valence-electron chi connectivity index (χ2n) is 14.1. The van der Waals surface area contributed by atoms with E-state index in [1.165, 1.54) is 0 Å². The highest BCUT2D eigenvalue weighted by molar-refractivity contribution is 5.76. The molecule has 5 heterocycles. The molecule has 5 aliphatic rings. The van der Waals surface area contributed by atoms with Crippen LogP contribution < -0.4 is 20.0 Å². The quantitative estimate of drug-likeness (QED) is 0.312. The molecule has 13 heteroatoms. The van der Waals surface area contributed by atoms with Gasteiger partial charge in [-0.3, -0.25) is 9.69 Å². The molecule has 4 N–H and O–H groups in total. The summed E-state index contributed by atoms with van der Waals surface area (Å²) in [5, 5.41) is 42.3. The Labute approximate surface area is 274 Å². The van der Waals surface area contributed by atoms with Crippen LogP contribution in [0.5, 0.6) is 5.75 Å². The molecular weight excluding hydrogens is 598 g/mol. The maximum atomic E-state index is 11.4. The number of carboxylic acid groups (broad SMARTS) is 1. The van der Waals surface area contributed by atoms with Crippen LogP contribution in [-0.2, 0) is 4.79 Å². The van der Waals surface area contributed by atoms with Gasteiger partial charge in [-0.25, -0.2) is 9.97 Å². The van der Waals surface area contributed by atoms with Crippen LogP contribution in [0.2, 0.25) is 0 Å². The Balaban J connectivity index is 0.877. The van der Waals surface area contributed by atoms with Crippen molar-refractivity contribution in [2.24, 2.45) is 11.3 Å². The van der Waals surface area contributed by atoms with Gasteiger partial charge in [-0.05, 0) is 62.1 Å². The van der Waals surface area contributed by atoms with Gasteiger partial charge < -0.3 is 35.3 Å². The van der Waals surface area contributed by atoms with Crippen molar-refractivity contribution in [1.82, 2.24) is 25.1 Å². The average Bonchev–Trinajstić information content (AvgIpc) is 3.10. The van der Waals surface area contributed by atoms with Gasteiger partial charge in [0.15, 0.2) is 5.82 Å². The second-order valence-corrected chi connectivity index (χ2v) is 14.1. The van der Waals surface area contributed by atoms with Crippen molar-refractivity contribution < 1.29 is 20.1 Å². The third-order valence-corrected chi connectivity index (χ3v) is 11.5. The number of aromatic nitrogens is 4. The summed E-state index contributed by atoms with van der Waals surface area (Å²) < 4.78 is 0. The SMILES string of the molecule is O=C(O)C1CCC2(CC1)CC(N1CCN(c3cnc(N4CCN5c6cc(-c7ccccc7O)nnc6NC[C@H]5C4)nc3)C[C@@H]1CO)C2. The zero-order valence-corrected chi connectivity index (χ0v) is 26.6. The second kappa shape index (κ2) is 12.1. The number of aliphatic carboxylic acids is 1. The first kappa shape index (κ1) is 30.1. The topological polar surface area (TPSA) is 154 Å². The van der Waals surface area contributed by atoms with Gasteiger partial charge in [0.05, 0.1) is 54.1 Å². The Morgan fingerprint density at radius 3 is 2.47 bits per heavy atom. The molecule has 0 radical (unpaired) electrons. The van der Waals surface area contributed by atoms with Crippen LogP contribution in [0.15, 0.2) is 42.7 Å². The summed E-state index contributed by atoms with van der Waals surface area (Å²) >= 11 is 0. The molecule has 0 bridgehead atoms. The van der Waals surface area contributed by atoms with E-state index < -0.39 is 5.97 Å². The number of nitrogens with zero attached hydrogens (tertiary/aromatic N) is 8. The van der Waals surface area contributed by atoms with Gasteiger partial charge in [0.25, 0.3) is 0 Å². The Kier molecular flexibility index (Phi) is 7.75. The number of phenolic OH excluding ortho intramolecular Hbond substituents is 1. The standard InChI is InChI=1S/C34H43N9O4/c44-21-26-20-40(9-11-42(26)23-14-34(15-23)7-5-22(6-8-34)32(46)47)24-16-36-33(37-17-24)41-10-12-43-25(19-41)18-35-31-29(43)13-28(38-39-31)27-3-1-2-4-30(27)45/h1-4,13,16-17,22-23,25-26,44-45H,5-12,14-15,18-21H2,(H,35,39)(H,46,47)/t22?,23?,25-,26+,34?/m0/s1. The van der Waals surface area contributed by atoms with E-state index in [0.29, 0.717) is 22.7 Å². The van der Waals surface area contributed by atoms with E-state index in [1.54, 1.807) is 12.1 Å². The fourth-order valence-corrected chi connectivity index (χ4v) is 8.74. The Morgan fingerprint density at radius 1 is 0.957 bits per heavy atom. The zero-order valence-electron chi connectivity index (χ0n) is 26.6. The van der Waals surface area contributed by atoms with Gasteiger partial charge in [0.1, 0.15) is 5.75 Å². The van der Waals surface area contributed by atoms with Crippen molar-refractivity contribution in [2.45, 2.75) is 56.7 Å². The van der Waals surface area contributed by atoms with Crippen LogP contribution in [-0.4, -0.2) is 117 Å². The molecule has 4 fully saturated rings. The van der Waals surface area contributed by atoms with E-state index in [0.717, 1.165) is 107 Å². The highest BCUT2D eigenvalue weighted by atomic mass is 16.4. The Morgan fingerprint density at radius 2 is 1.72 bits per heavy atom. The summed E-state index contributed by atoms with van der Waals surface area (Å²) in [7, 11) is 0. The molecule has 0 amide bonds. The first-order chi connectivity index (χ1) is 22.9. The van der Waals surface area contributed by atoms with Crippen LogP contribution >= 0.6 is 0 Å². The summed E-state index contributed by atoms with van der Waals surface area (Å²) in [4.78, 5) is 30.4. The number of carbonyl (C=O) groups is 1. The monoisotopic (exact) mass is 641 g/mol. The zero-order chi connectivity index (χ0) is 32.1. The maximum Gasteiger partial charge on any atom is 0.306 e. The molecule has 3 aromatic rings. The summed E-state index contributed by atoms with van der Waals surface area (Å²) in [6.45, 7) is 5.67. The third-order valence-electron chi connectivity index (χ3n) is 11.5. The molecule has 248 valence electrons. The van der Waals surface area contributed by atoms with Gasteiger partial charge in [-0.2, -0.15) is 0 Å². The number of hydrogen-bond acceptors (Lipinski definition) is 12. The van der Waals surface area contributed by atoms with Crippen molar-refractivity contribution in [3.63, 3.8) is 0 Å². The third kappa shape index (κ3) is 5.58. The van der Waals surface area contributed by atoms with E-state index in [4.69, 9.17) is 9.97 Å². The number of anilines is 4. The number of para-hydroxylation sites is 1. The van der Waals surface area contributed by atoms with E-state index in [9.17, 15) is 20.1 Å². The lowest BCUT2D eigenvalue weighted by molar-refractivity contribution is -0.145.